The summed E-state index contributed by atoms with van der Waals surface area (Å²) < 4.78 is 1.20. The van der Waals surface area contributed by atoms with Crippen LogP contribution in [0.1, 0.15) is 25.8 Å². The minimum absolute atomic E-state index is 1.11. The molecule has 72 valence electrons. The van der Waals surface area contributed by atoms with Gasteiger partial charge in [0.15, 0.2) is 0 Å². The van der Waals surface area contributed by atoms with E-state index in [-0.39, 0.29) is 0 Å². The smallest absolute Gasteiger partial charge is 0.0189 e. The summed E-state index contributed by atoms with van der Waals surface area (Å²) in [6.07, 6.45) is 2.35. The van der Waals surface area contributed by atoms with Crippen molar-refractivity contribution in [2.75, 3.05) is 5.75 Å². The molecule has 2 heteroatoms. The Balaban J connectivity index is 2.76. The predicted molar refractivity (Wildman–Crippen MR) is 64.5 cm³/mol. The quantitative estimate of drug-likeness (QED) is 0.717. The van der Waals surface area contributed by atoms with Crippen LogP contribution in [0.4, 0.5) is 0 Å². The highest BCUT2D eigenvalue weighted by molar-refractivity contribution is 9.10. The number of thioether (sulfide) groups is 1. The SMILES string of the molecule is CCCSc1cc(Br)cc(CC)c1. The van der Waals surface area contributed by atoms with Gasteiger partial charge in [-0.15, -0.1) is 11.8 Å². The van der Waals surface area contributed by atoms with Gasteiger partial charge in [-0.3, -0.25) is 0 Å². The van der Waals surface area contributed by atoms with E-state index in [0.29, 0.717) is 0 Å². The van der Waals surface area contributed by atoms with Crippen LogP contribution in [0.3, 0.4) is 0 Å². The molecule has 0 heterocycles. The minimum atomic E-state index is 1.11. The van der Waals surface area contributed by atoms with Gasteiger partial charge >= 0.3 is 0 Å². The topological polar surface area (TPSA) is 0 Å². The van der Waals surface area contributed by atoms with Gasteiger partial charge in [-0.1, -0.05) is 29.8 Å². The van der Waals surface area contributed by atoms with E-state index < -0.39 is 0 Å². The van der Waals surface area contributed by atoms with Crippen LogP contribution in [-0.4, -0.2) is 5.75 Å². The van der Waals surface area contributed by atoms with Crippen LogP contribution in [0.5, 0.6) is 0 Å². The average Bonchev–Trinajstić information content (AvgIpc) is 2.14. The molecule has 0 radical (unpaired) electrons. The molecule has 0 bridgehead atoms. The van der Waals surface area contributed by atoms with Crippen LogP contribution in [0.15, 0.2) is 27.6 Å². The fourth-order valence-corrected chi connectivity index (χ4v) is 2.71. The molecule has 0 spiro atoms. The van der Waals surface area contributed by atoms with E-state index >= 15 is 0 Å². The maximum Gasteiger partial charge on any atom is 0.0189 e. The van der Waals surface area contributed by atoms with Crippen LogP contribution in [0.2, 0.25) is 0 Å². The highest BCUT2D eigenvalue weighted by Gasteiger charge is 1.98. The first-order valence-corrected chi connectivity index (χ1v) is 6.46. The van der Waals surface area contributed by atoms with E-state index in [0.717, 1.165) is 6.42 Å². The second-order valence-electron chi connectivity index (χ2n) is 3.00. The molecule has 0 aliphatic carbocycles. The largest absolute Gasteiger partial charge is 0.126 e. The summed E-state index contributed by atoms with van der Waals surface area (Å²) in [5.41, 5.74) is 1.41. The summed E-state index contributed by atoms with van der Waals surface area (Å²) in [5, 5.41) is 0. The lowest BCUT2D eigenvalue weighted by Crippen LogP contribution is -1.83. The molecule has 13 heavy (non-hydrogen) atoms. The lowest BCUT2D eigenvalue weighted by molar-refractivity contribution is 1.10. The number of rotatable bonds is 4. The predicted octanol–water partition coefficient (Wildman–Crippen LogP) is 4.51. The van der Waals surface area contributed by atoms with Crippen LogP contribution >= 0.6 is 27.7 Å². The van der Waals surface area contributed by atoms with Crippen LogP contribution in [0.25, 0.3) is 0 Å². The maximum absolute atomic E-state index is 3.53. The fourth-order valence-electron chi connectivity index (χ4n) is 1.13. The normalized spacial score (nSPS) is 10.4. The molecule has 0 atom stereocenters. The first-order chi connectivity index (χ1) is 6.26. The summed E-state index contributed by atoms with van der Waals surface area (Å²) >= 11 is 5.47. The molecule has 0 amide bonds. The highest BCUT2D eigenvalue weighted by atomic mass is 79.9. The lowest BCUT2D eigenvalue weighted by Gasteiger charge is -2.04. The van der Waals surface area contributed by atoms with Crippen molar-refractivity contribution in [1.29, 1.82) is 0 Å². The molecule has 0 unspecified atom stereocenters. The molecular weight excluding hydrogens is 244 g/mol. The van der Waals surface area contributed by atoms with Gasteiger partial charge in [0, 0.05) is 9.37 Å². The van der Waals surface area contributed by atoms with Crippen molar-refractivity contribution in [3.8, 4) is 0 Å². The number of hydrogen-bond donors (Lipinski definition) is 0. The third kappa shape index (κ3) is 3.74. The molecule has 0 fully saturated rings. The summed E-state index contributed by atoms with van der Waals surface area (Å²) in [6, 6.07) is 6.67. The van der Waals surface area contributed by atoms with E-state index in [1.807, 2.05) is 11.8 Å². The van der Waals surface area contributed by atoms with E-state index in [1.165, 1.54) is 27.1 Å². The number of halogens is 1. The molecule has 1 aromatic carbocycles. The van der Waals surface area contributed by atoms with Crippen molar-refractivity contribution in [1.82, 2.24) is 0 Å². The monoisotopic (exact) mass is 258 g/mol. The molecule has 0 aliphatic heterocycles. The molecule has 1 rings (SSSR count). The van der Waals surface area contributed by atoms with Gasteiger partial charge in [-0.25, -0.2) is 0 Å². The Bertz CT molecular complexity index is 271. The summed E-state index contributed by atoms with van der Waals surface area (Å²) in [5.74, 6) is 1.21. The van der Waals surface area contributed by atoms with Crippen molar-refractivity contribution in [3.63, 3.8) is 0 Å². The minimum Gasteiger partial charge on any atom is -0.126 e. The third-order valence-electron chi connectivity index (χ3n) is 1.81. The van der Waals surface area contributed by atoms with E-state index in [4.69, 9.17) is 0 Å². The molecule has 1 aromatic rings. The average molecular weight is 259 g/mol. The zero-order valence-corrected chi connectivity index (χ0v) is 10.5. The fraction of sp³-hybridized carbons (Fsp3) is 0.455. The van der Waals surface area contributed by atoms with Gasteiger partial charge in [-0.05, 0) is 42.4 Å². The first kappa shape index (κ1) is 11.1. The van der Waals surface area contributed by atoms with Gasteiger partial charge < -0.3 is 0 Å². The Hall–Kier alpha value is 0.0500. The number of aryl methyl sites for hydroxylation is 1. The molecule has 0 nitrogen and oxygen atoms in total. The van der Waals surface area contributed by atoms with Crippen molar-refractivity contribution in [2.45, 2.75) is 31.6 Å². The molecule has 0 aromatic heterocycles. The van der Waals surface area contributed by atoms with Crippen molar-refractivity contribution >= 4 is 27.7 Å². The van der Waals surface area contributed by atoms with E-state index in [1.54, 1.807) is 0 Å². The van der Waals surface area contributed by atoms with Crippen LogP contribution < -0.4 is 0 Å². The summed E-state index contributed by atoms with van der Waals surface area (Å²) in [4.78, 5) is 1.38. The zero-order chi connectivity index (χ0) is 9.68. The molecule has 0 saturated carbocycles. The number of hydrogen-bond acceptors (Lipinski definition) is 1. The Labute approximate surface area is 93.2 Å². The van der Waals surface area contributed by atoms with Gasteiger partial charge in [0.25, 0.3) is 0 Å². The standard InChI is InChI=1S/C11H15BrS/c1-3-5-13-11-7-9(4-2)6-10(12)8-11/h6-8H,3-5H2,1-2H3. The Morgan fingerprint density at radius 1 is 1.23 bits per heavy atom. The second-order valence-corrected chi connectivity index (χ2v) is 5.08. The highest BCUT2D eigenvalue weighted by Crippen LogP contribution is 2.24. The van der Waals surface area contributed by atoms with Gasteiger partial charge in [-0.2, -0.15) is 0 Å². The number of benzene rings is 1. The van der Waals surface area contributed by atoms with Crippen molar-refractivity contribution < 1.29 is 0 Å². The van der Waals surface area contributed by atoms with Gasteiger partial charge in [0.2, 0.25) is 0 Å². The first-order valence-electron chi connectivity index (χ1n) is 4.68. The maximum atomic E-state index is 3.53. The summed E-state index contributed by atoms with van der Waals surface area (Å²) in [6.45, 7) is 4.40. The Morgan fingerprint density at radius 3 is 2.62 bits per heavy atom. The van der Waals surface area contributed by atoms with Crippen molar-refractivity contribution in [3.05, 3.63) is 28.2 Å². The molecule has 0 N–H and O–H groups in total. The van der Waals surface area contributed by atoms with Crippen molar-refractivity contribution in [2.24, 2.45) is 0 Å². The Kier molecular flexibility index (Phi) is 4.89. The van der Waals surface area contributed by atoms with Crippen LogP contribution in [0, 0.1) is 0 Å². The molecular formula is C11H15BrS. The van der Waals surface area contributed by atoms with Gasteiger partial charge in [0.1, 0.15) is 0 Å². The van der Waals surface area contributed by atoms with Gasteiger partial charge in [0.05, 0.1) is 0 Å². The second kappa shape index (κ2) is 5.71. The zero-order valence-electron chi connectivity index (χ0n) is 8.14. The Morgan fingerprint density at radius 2 is 2.00 bits per heavy atom. The third-order valence-corrected chi connectivity index (χ3v) is 3.45. The van der Waals surface area contributed by atoms with E-state index in [9.17, 15) is 0 Å². The molecule has 0 aliphatic rings. The lowest BCUT2D eigenvalue weighted by atomic mass is 10.2. The van der Waals surface area contributed by atoms with E-state index in [2.05, 4.69) is 48.0 Å². The molecule has 0 saturated heterocycles. The summed E-state index contributed by atoms with van der Waals surface area (Å²) in [7, 11) is 0. The van der Waals surface area contributed by atoms with Crippen LogP contribution in [-0.2, 0) is 6.42 Å².